The molecule has 5 nitrogen and oxygen atoms in total. The van der Waals surface area contributed by atoms with Crippen molar-refractivity contribution in [2.24, 2.45) is 0 Å². The number of likely N-dealkylation sites (tertiary alicyclic amines) is 1. The fraction of sp³-hybridized carbons (Fsp3) is 0.474. The van der Waals surface area contributed by atoms with Gasteiger partial charge in [-0.15, -0.1) is 0 Å². The van der Waals surface area contributed by atoms with Gasteiger partial charge in [0.25, 0.3) is 5.91 Å². The molecule has 0 spiro atoms. The Balaban J connectivity index is 1.41. The summed E-state index contributed by atoms with van der Waals surface area (Å²) in [6.07, 6.45) is 3.16. The second-order valence-corrected chi connectivity index (χ2v) is 6.48. The van der Waals surface area contributed by atoms with Gasteiger partial charge in [0.2, 0.25) is 0 Å². The molecule has 1 aromatic heterocycles. The first-order chi connectivity index (χ1) is 11.8. The molecule has 2 aromatic rings. The summed E-state index contributed by atoms with van der Waals surface area (Å²) in [7, 11) is 0. The highest BCUT2D eigenvalue weighted by atomic mass is 16.1. The Morgan fingerprint density at radius 3 is 3.00 bits per heavy atom. The predicted molar refractivity (Wildman–Crippen MR) is 95.2 cm³/mol. The highest BCUT2D eigenvalue weighted by Crippen LogP contribution is 2.26. The molecule has 1 atom stereocenters. The van der Waals surface area contributed by atoms with Crippen molar-refractivity contribution in [3.8, 4) is 0 Å². The van der Waals surface area contributed by atoms with Gasteiger partial charge in [0.15, 0.2) is 0 Å². The van der Waals surface area contributed by atoms with Crippen LogP contribution in [-0.4, -0.2) is 47.2 Å². The molecule has 24 heavy (non-hydrogen) atoms. The molecule has 1 aliphatic rings. The molecule has 2 N–H and O–H groups in total. The summed E-state index contributed by atoms with van der Waals surface area (Å²) < 4.78 is 0. The van der Waals surface area contributed by atoms with Crippen molar-refractivity contribution in [3.63, 3.8) is 0 Å². The van der Waals surface area contributed by atoms with Crippen molar-refractivity contribution < 1.29 is 4.79 Å². The lowest BCUT2D eigenvalue weighted by Gasteiger charge is -2.16. The second kappa shape index (κ2) is 8.11. The molecule has 1 aromatic carbocycles. The number of aromatic nitrogens is 2. The molecule has 1 amide bonds. The van der Waals surface area contributed by atoms with E-state index in [1.165, 1.54) is 12.0 Å². The third-order valence-corrected chi connectivity index (χ3v) is 4.64. The van der Waals surface area contributed by atoms with Crippen LogP contribution in [0.2, 0.25) is 0 Å². The van der Waals surface area contributed by atoms with E-state index in [0.717, 1.165) is 38.2 Å². The third kappa shape index (κ3) is 4.23. The minimum atomic E-state index is -0.0904. The molecule has 2 heterocycles. The van der Waals surface area contributed by atoms with Crippen LogP contribution in [0.3, 0.4) is 0 Å². The van der Waals surface area contributed by atoms with Gasteiger partial charge in [0.1, 0.15) is 5.69 Å². The molecule has 1 saturated heterocycles. The predicted octanol–water partition coefficient (Wildman–Crippen LogP) is 2.58. The minimum Gasteiger partial charge on any atom is -0.349 e. The summed E-state index contributed by atoms with van der Waals surface area (Å²) in [6.45, 7) is 5.83. The van der Waals surface area contributed by atoms with E-state index < -0.39 is 0 Å². The maximum Gasteiger partial charge on any atom is 0.271 e. The van der Waals surface area contributed by atoms with Gasteiger partial charge in [0.05, 0.1) is 0 Å². The number of amides is 1. The van der Waals surface area contributed by atoms with Crippen LogP contribution in [0.5, 0.6) is 0 Å². The first-order valence-electron chi connectivity index (χ1n) is 8.86. The number of carbonyl (C=O) groups is 1. The summed E-state index contributed by atoms with van der Waals surface area (Å²) in [6, 6.07) is 12.5. The van der Waals surface area contributed by atoms with Crippen molar-refractivity contribution in [1.29, 1.82) is 0 Å². The minimum absolute atomic E-state index is 0.0904. The average Bonchev–Trinajstić information content (AvgIpc) is 3.26. The maximum absolute atomic E-state index is 12.1. The monoisotopic (exact) mass is 326 g/mol. The molecule has 0 radical (unpaired) electrons. The molecule has 0 saturated carbocycles. The van der Waals surface area contributed by atoms with Gasteiger partial charge in [-0.2, -0.15) is 5.10 Å². The van der Waals surface area contributed by atoms with Crippen LogP contribution in [-0.2, 0) is 6.42 Å². The number of nitrogens with one attached hydrogen (secondary N) is 2. The van der Waals surface area contributed by atoms with Crippen LogP contribution in [0.1, 0.15) is 47.4 Å². The van der Waals surface area contributed by atoms with E-state index in [1.807, 2.05) is 6.07 Å². The number of hydrogen-bond acceptors (Lipinski definition) is 3. The standard InChI is InChI=1S/C19H26N4O/c1-2-6-17-13-18(22-21-17)19(24)20-10-12-23-11-9-16(14-23)15-7-4-3-5-8-15/h3-5,7-8,13,16H,2,6,9-12,14H2,1H3,(H,20,24)(H,21,22). The third-order valence-electron chi connectivity index (χ3n) is 4.64. The van der Waals surface area contributed by atoms with Crippen LogP contribution in [0.4, 0.5) is 0 Å². The summed E-state index contributed by atoms with van der Waals surface area (Å²) in [5.74, 6) is 0.525. The molecule has 3 rings (SSSR count). The zero-order valence-electron chi connectivity index (χ0n) is 14.3. The van der Waals surface area contributed by atoms with Gasteiger partial charge in [-0.05, 0) is 36.9 Å². The number of aromatic amines is 1. The van der Waals surface area contributed by atoms with Gasteiger partial charge in [-0.3, -0.25) is 9.89 Å². The molecule has 1 aliphatic heterocycles. The lowest BCUT2D eigenvalue weighted by molar-refractivity contribution is 0.0944. The van der Waals surface area contributed by atoms with Gasteiger partial charge >= 0.3 is 0 Å². The average molecular weight is 326 g/mol. The Hall–Kier alpha value is -2.14. The van der Waals surface area contributed by atoms with Gasteiger partial charge in [0, 0.05) is 25.3 Å². The Morgan fingerprint density at radius 1 is 1.38 bits per heavy atom. The van der Waals surface area contributed by atoms with Crippen LogP contribution in [0.15, 0.2) is 36.4 Å². The van der Waals surface area contributed by atoms with E-state index in [0.29, 0.717) is 18.2 Å². The number of nitrogens with zero attached hydrogens (tertiary/aromatic N) is 2. The number of H-pyrrole nitrogens is 1. The molecule has 0 aliphatic carbocycles. The second-order valence-electron chi connectivity index (χ2n) is 6.48. The van der Waals surface area contributed by atoms with E-state index in [1.54, 1.807) is 0 Å². The quantitative estimate of drug-likeness (QED) is 0.822. The van der Waals surface area contributed by atoms with Crippen molar-refractivity contribution in [2.75, 3.05) is 26.2 Å². The topological polar surface area (TPSA) is 61.0 Å². The van der Waals surface area contributed by atoms with E-state index >= 15 is 0 Å². The van der Waals surface area contributed by atoms with Crippen LogP contribution < -0.4 is 5.32 Å². The molecule has 128 valence electrons. The molecular weight excluding hydrogens is 300 g/mol. The molecule has 0 bridgehead atoms. The fourth-order valence-electron chi connectivity index (χ4n) is 3.33. The van der Waals surface area contributed by atoms with Crippen molar-refractivity contribution in [3.05, 3.63) is 53.3 Å². The van der Waals surface area contributed by atoms with Crippen molar-refractivity contribution in [2.45, 2.75) is 32.1 Å². The SMILES string of the molecule is CCCc1cc(C(=O)NCCN2CCC(c3ccccc3)C2)n[nH]1. The Labute approximate surface area is 143 Å². The van der Waals surface area contributed by atoms with E-state index in [-0.39, 0.29) is 5.91 Å². The van der Waals surface area contributed by atoms with Crippen LogP contribution in [0, 0.1) is 0 Å². The van der Waals surface area contributed by atoms with Crippen LogP contribution >= 0.6 is 0 Å². The fourth-order valence-corrected chi connectivity index (χ4v) is 3.33. The first kappa shape index (κ1) is 16.7. The van der Waals surface area contributed by atoms with Crippen molar-refractivity contribution in [1.82, 2.24) is 20.4 Å². The Morgan fingerprint density at radius 2 is 2.21 bits per heavy atom. The van der Waals surface area contributed by atoms with Gasteiger partial charge < -0.3 is 10.2 Å². The maximum atomic E-state index is 12.1. The normalized spacial score (nSPS) is 18.0. The number of benzene rings is 1. The van der Waals surface area contributed by atoms with E-state index in [2.05, 4.69) is 57.7 Å². The smallest absolute Gasteiger partial charge is 0.271 e. The van der Waals surface area contributed by atoms with Gasteiger partial charge in [-0.25, -0.2) is 0 Å². The lowest BCUT2D eigenvalue weighted by atomic mass is 9.99. The summed E-state index contributed by atoms with van der Waals surface area (Å²) in [5, 5.41) is 9.98. The van der Waals surface area contributed by atoms with Crippen LogP contribution in [0.25, 0.3) is 0 Å². The Bertz CT molecular complexity index is 652. The first-order valence-corrected chi connectivity index (χ1v) is 8.86. The molecule has 1 fully saturated rings. The number of aryl methyl sites for hydroxylation is 1. The van der Waals surface area contributed by atoms with Crippen molar-refractivity contribution >= 4 is 5.91 Å². The number of hydrogen-bond donors (Lipinski definition) is 2. The van der Waals surface area contributed by atoms with E-state index in [4.69, 9.17) is 0 Å². The van der Waals surface area contributed by atoms with E-state index in [9.17, 15) is 4.79 Å². The number of rotatable bonds is 7. The summed E-state index contributed by atoms with van der Waals surface area (Å²) in [5.41, 5.74) is 2.93. The summed E-state index contributed by atoms with van der Waals surface area (Å²) >= 11 is 0. The molecule has 1 unspecified atom stereocenters. The largest absolute Gasteiger partial charge is 0.349 e. The number of carbonyl (C=O) groups excluding carboxylic acids is 1. The lowest BCUT2D eigenvalue weighted by Crippen LogP contribution is -2.34. The highest BCUT2D eigenvalue weighted by Gasteiger charge is 2.23. The summed E-state index contributed by atoms with van der Waals surface area (Å²) in [4.78, 5) is 14.5. The van der Waals surface area contributed by atoms with Gasteiger partial charge in [-0.1, -0.05) is 43.7 Å². The highest BCUT2D eigenvalue weighted by molar-refractivity contribution is 5.92. The molecule has 5 heteroatoms. The zero-order chi connectivity index (χ0) is 16.8. The molecular formula is C19H26N4O. The Kier molecular flexibility index (Phi) is 5.64. The zero-order valence-corrected chi connectivity index (χ0v) is 14.3.